The van der Waals surface area contributed by atoms with Crippen LogP contribution in [0.15, 0.2) is 53.0 Å². The summed E-state index contributed by atoms with van der Waals surface area (Å²) in [7, 11) is 0. The number of aryl methyl sites for hydroxylation is 1. The highest BCUT2D eigenvalue weighted by Gasteiger charge is 2.17. The molecule has 1 aliphatic heterocycles. The smallest absolute Gasteiger partial charge is 0.246 e. The van der Waals surface area contributed by atoms with Gasteiger partial charge in [0.1, 0.15) is 17.3 Å². The van der Waals surface area contributed by atoms with Gasteiger partial charge in [-0.3, -0.25) is 4.79 Å². The predicted molar refractivity (Wildman–Crippen MR) is 103 cm³/mol. The fourth-order valence-corrected chi connectivity index (χ4v) is 3.22. The fraction of sp³-hybridized carbons (Fsp3) is 0.227. The van der Waals surface area contributed by atoms with Crippen LogP contribution in [0.1, 0.15) is 23.8 Å². The third-order valence-electron chi connectivity index (χ3n) is 4.69. The van der Waals surface area contributed by atoms with Crippen LogP contribution in [0.3, 0.4) is 0 Å². The van der Waals surface area contributed by atoms with E-state index in [1.807, 2.05) is 43.3 Å². The Bertz CT molecular complexity index is 1050. The monoisotopic (exact) mass is 363 g/mol. The molecule has 1 aromatic heterocycles. The van der Waals surface area contributed by atoms with Gasteiger partial charge < -0.3 is 19.2 Å². The van der Waals surface area contributed by atoms with E-state index in [2.05, 4.69) is 11.9 Å². The minimum Gasteiger partial charge on any atom is -0.493 e. The molecule has 1 amide bonds. The molecule has 138 valence electrons. The predicted octanol–water partition coefficient (Wildman–Crippen LogP) is 4.66. The number of carbonyl (C=O) groups excluding carboxylic acids is 1. The highest BCUT2D eigenvalue weighted by atomic mass is 16.5. The highest BCUT2D eigenvalue weighted by Crippen LogP contribution is 2.37. The molecule has 1 N–H and O–H groups in total. The quantitative estimate of drug-likeness (QED) is 0.670. The molecule has 3 aromatic rings. The number of ether oxygens (including phenoxy) is 2. The van der Waals surface area contributed by atoms with Crippen molar-refractivity contribution >= 4 is 16.9 Å². The molecule has 0 fully saturated rings. The Hall–Kier alpha value is -3.21. The second-order valence-corrected chi connectivity index (χ2v) is 6.70. The summed E-state index contributed by atoms with van der Waals surface area (Å²) in [4.78, 5) is 11.8. The number of nitrogens with one attached hydrogen (secondary N) is 1. The van der Waals surface area contributed by atoms with Crippen molar-refractivity contribution in [3.8, 4) is 17.2 Å². The maximum atomic E-state index is 11.8. The number of hydrogen-bond donors (Lipinski definition) is 1. The Morgan fingerprint density at radius 1 is 1.30 bits per heavy atom. The minimum absolute atomic E-state index is 0.172. The average molecular weight is 363 g/mol. The van der Waals surface area contributed by atoms with Gasteiger partial charge in [-0.05, 0) is 31.5 Å². The number of para-hydroxylation sites is 1. The lowest BCUT2D eigenvalue weighted by Crippen LogP contribution is -2.23. The van der Waals surface area contributed by atoms with E-state index in [4.69, 9.17) is 13.9 Å². The van der Waals surface area contributed by atoms with Gasteiger partial charge >= 0.3 is 0 Å². The molecular weight excluding hydrogens is 342 g/mol. The number of hydrogen-bond acceptors (Lipinski definition) is 4. The molecule has 27 heavy (non-hydrogen) atoms. The zero-order chi connectivity index (χ0) is 19.0. The summed E-state index contributed by atoms with van der Waals surface area (Å²) in [6.07, 6.45) is 0.932. The van der Waals surface area contributed by atoms with Gasteiger partial charge in [0.15, 0.2) is 11.3 Å². The van der Waals surface area contributed by atoms with Gasteiger partial charge in [0.2, 0.25) is 5.91 Å². The Morgan fingerprint density at radius 2 is 2.15 bits per heavy atom. The lowest BCUT2D eigenvalue weighted by Gasteiger charge is -2.08. The summed E-state index contributed by atoms with van der Waals surface area (Å²) in [6, 6.07) is 11.6. The second-order valence-electron chi connectivity index (χ2n) is 6.70. The molecule has 0 spiro atoms. The molecule has 0 unspecified atom stereocenters. The fourth-order valence-electron chi connectivity index (χ4n) is 3.22. The van der Waals surface area contributed by atoms with Crippen molar-refractivity contribution in [2.75, 3.05) is 6.61 Å². The summed E-state index contributed by atoms with van der Waals surface area (Å²) in [5, 5.41) is 3.78. The van der Waals surface area contributed by atoms with Gasteiger partial charge in [-0.25, -0.2) is 0 Å². The molecule has 5 heteroatoms. The van der Waals surface area contributed by atoms with Crippen molar-refractivity contribution < 1.29 is 18.7 Å². The Kier molecular flexibility index (Phi) is 4.36. The third-order valence-corrected chi connectivity index (χ3v) is 4.69. The molecule has 0 radical (unpaired) electrons. The lowest BCUT2D eigenvalue weighted by atomic mass is 10.1. The van der Waals surface area contributed by atoms with E-state index in [9.17, 15) is 4.79 Å². The van der Waals surface area contributed by atoms with Crippen LogP contribution >= 0.6 is 0 Å². The van der Waals surface area contributed by atoms with Gasteiger partial charge in [-0.2, -0.15) is 0 Å². The van der Waals surface area contributed by atoms with E-state index in [1.54, 1.807) is 6.92 Å². The summed E-state index contributed by atoms with van der Waals surface area (Å²) >= 11 is 0. The van der Waals surface area contributed by atoms with E-state index in [1.165, 1.54) is 5.56 Å². The number of furan rings is 1. The number of fused-ring (bicyclic) bond motifs is 2. The Balaban J connectivity index is 1.63. The molecule has 1 aliphatic rings. The van der Waals surface area contributed by atoms with Crippen LogP contribution in [0.2, 0.25) is 0 Å². The van der Waals surface area contributed by atoms with Crippen LogP contribution in [0.5, 0.6) is 17.2 Å². The van der Waals surface area contributed by atoms with E-state index < -0.39 is 0 Å². The molecule has 0 aliphatic carbocycles. The van der Waals surface area contributed by atoms with E-state index >= 15 is 0 Å². The van der Waals surface area contributed by atoms with E-state index in [0.717, 1.165) is 28.9 Å². The van der Waals surface area contributed by atoms with Crippen molar-refractivity contribution in [2.45, 2.75) is 26.8 Å². The first kappa shape index (κ1) is 17.2. The highest BCUT2D eigenvalue weighted by molar-refractivity contribution is 5.93. The lowest BCUT2D eigenvalue weighted by molar-refractivity contribution is -0.117. The zero-order valence-corrected chi connectivity index (χ0v) is 15.4. The van der Waals surface area contributed by atoms with E-state index in [0.29, 0.717) is 35.8 Å². The van der Waals surface area contributed by atoms with Gasteiger partial charge in [0.05, 0.1) is 6.61 Å². The molecule has 0 atom stereocenters. The molecule has 2 heterocycles. The second kappa shape index (κ2) is 6.83. The Labute approximate surface area is 157 Å². The number of amides is 1. The Morgan fingerprint density at radius 3 is 2.96 bits per heavy atom. The van der Waals surface area contributed by atoms with Crippen molar-refractivity contribution in [1.29, 1.82) is 0 Å². The van der Waals surface area contributed by atoms with Crippen molar-refractivity contribution in [3.05, 3.63) is 65.4 Å². The van der Waals surface area contributed by atoms with Crippen molar-refractivity contribution in [1.82, 2.24) is 5.32 Å². The molecule has 5 nitrogen and oxygen atoms in total. The minimum atomic E-state index is -0.172. The molecule has 0 saturated heterocycles. The topological polar surface area (TPSA) is 60.7 Å². The van der Waals surface area contributed by atoms with Gasteiger partial charge in [0, 0.05) is 35.6 Å². The number of rotatable bonds is 5. The summed E-state index contributed by atoms with van der Waals surface area (Å²) in [5.41, 5.74) is 3.27. The van der Waals surface area contributed by atoms with Crippen LogP contribution in [0.4, 0.5) is 0 Å². The van der Waals surface area contributed by atoms with Crippen molar-refractivity contribution in [2.24, 2.45) is 0 Å². The first-order valence-electron chi connectivity index (χ1n) is 8.91. The van der Waals surface area contributed by atoms with Crippen LogP contribution in [0, 0.1) is 6.92 Å². The maximum absolute atomic E-state index is 11.8. The van der Waals surface area contributed by atoms with Crippen LogP contribution < -0.4 is 14.8 Å². The summed E-state index contributed by atoms with van der Waals surface area (Å²) in [6.45, 7) is 8.32. The van der Waals surface area contributed by atoms with Gasteiger partial charge in [0.25, 0.3) is 0 Å². The SMILES string of the molecule is C=C(C)C(=O)NCc1c(C)oc2c(Oc3ccc4c(c3)OCC4)cccc12. The normalized spacial score (nSPS) is 12.5. The number of carbonyl (C=O) groups is 1. The van der Waals surface area contributed by atoms with E-state index in [-0.39, 0.29) is 5.91 Å². The summed E-state index contributed by atoms with van der Waals surface area (Å²) < 4.78 is 17.6. The van der Waals surface area contributed by atoms with Crippen LogP contribution in [-0.4, -0.2) is 12.5 Å². The zero-order valence-electron chi connectivity index (χ0n) is 15.4. The number of benzene rings is 2. The van der Waals surface area contributed by atoms with Crippen LogP contribution in [-0.2, 0) is 17.8 Å². The standard InChI is InChI=1S/C22H21NO4/c1-13(2)22(24)23-12-18-14(3)26-21-17(18)5-4-6-19(21)27-16-8-7-15-9-10-25-20(15)11-16/h4-8,11H,1,9-10,12H2,2-3H3,(H,23,24). The first-order chi connectivity index (χ1) is 13.0. The van der Waals surface area contributed by atoms with Crippen molar-refractivity contribution in [3.63, 3.8) is 0 Å². The third kappa shape index (κ3) is 3.28. The average Bonchev–Trinajstić information content (AvgIpc) is 3.23. The molecule has 4 rings (SSSR count). The molecule has 0 saturated carbocycles. The van der Waals surface area contributed by atoms with Gasteiger partial charge in [-0.15, -0.1) is 0 Å². The maximum Gasteiger partial charge on any atom is 0.246 e. The largest absolute Gasteiger partial charge is 0.493 e. The van der Waals surface area contributed by atoms with Gasteiger partial charge in [-0.1, -0.05) is 24.8 Å². The first-order valence-corrected chi connectivity index (χ1v) is 8.91. The summed E-state index contributed by atoms with van der Waals surface area (Å²) in [5.74, 6) is 2.79. The molecular formula is C22H21NO4. The van der Waals surface area contributed by atoms with Crippen LogP contribution in [0.25, 0.3) is 11.0 Å². The molecule has 2 aromatic carbocycles. The molecule has 0 bridgehead atoms.